The maximum absolute atomic E-state index is 13.5. The van der Waals surface area contributed by atoms with Crippen LogP contribution in [0.1, 0.15) is 68.2 Å². The number of halogens is 1. The molecule has 3 rings (SSSR count). The number of primary amides is 1. The Balaban J connectivity index is 1.82. The van der Waals surface area contributed by atoms with Gasteiger partial charge in [0, 0.05) is 54.2 Å². The summed E-state index contributed by atoms with van der Waals surface area (Å²) in [5.74, 6) is -0.826. The van der Waals surface area contributed by atoms with Crippen molar-refractivity contribution in [3.63, 3.8) is 0 Å². The molecule has 0 bridgehead atoms. The van der Waals surface area contributed by atoms with E-state index in [1.54, 1.807) is 18.1 Å². The summed E-state index contributed by atoms with van der Waals surface area (Å²) in [6.45, 7) is 5.73. The van der Waals surface area contributed by atoms with Crippen LogP contribution in [0.3, 0.4) is 0 Å². The van der Waals surface area contributed by atoms with Gasteiger partial charge in [0.2, 0.25) is 5.91 Å². The van der Waals surface area contributed by atoms with E-state index in [1.807, 2.05) is 44.2 Å². The number of hydrogen-bond donors (Lipinski definition) is 4. The van der Waals surface area contributed by atoms with Crippen molar-refractivity contribution >= 4 is 40.7 Å². The van der Waals surface area contributed by atoms with Gasteiger partial charge < -0.3 is 31.1 Å². The second-order valence-electron chi connectivity index (χ2n) is 10.00. The Morgan fingerprint density at radius 1 is 1.02 bits per heavy atom. The zero-order valence-electron chi connectivity index (χ0n) is 24.2. The number of aliphatic hydroxyl groups is 1. The summed E-state index contributed by atoms with van der Waals surface area (Å²) in [5.41, 5.74) is 6.91. The highest BCUT2D eigenvalue weighted by molar-refractivity contribution is 7.16. The minimum atomic E-state index is -0.967. The number of nitrogens with zero attached hydrogens (tertiary/aromatic N) is 1. The Morgan fingerprint density at radius 3 is 2.33 bits per heavy atom. The van der Waals surface area contributed by atoms with Crippen molar-refractivity contribution in [1.29, 1.82) is 0 Å². The first-order valence-corrected chi connectivity index (χ1v) is 15.2. The Bertz CT molecular complexity index is 1360. The third-order valence-corrected chi connectivity index (χ3v) is 7.90. The molecule has 3 amide bonds. The molecule has 0 aliphatic rings. The first-order chi connectivity index (χ1) is 20.1. The van der Waals surface area contributed by atoms with Crippen molar-refractivity contribution in [1.82, 2.24) is 15.5 Å². The summed E-state index contributed by atoms with van der Waals surface area (Å²) in [6, 6.07) is 14.8. The number of benzene rings is 2. The number of thiophene rings is 1. The predicted octanol–water partition coefficient (Wildman–Crippen LogP) is 4.26. The van der Waals surface area contributed by atoms with Gasteiger partial charge in [0.25, 0.3) is 11.8 Å². The zero-order valence-corrected chi connectivity index (χ0v) is 25.8. The van der Waals surface area contributed by atoms with Crippen molar-refractivity contribution in [2.45, 2.75) is 51.8 Å². The van der Waals surface area contributed by atoms with Crippen LogP contribution in [0, 0.1) is 0 Å². The van der Waals surface area contributed by atoms with Gasteiger partial charge in [0.05, 0.1) is 23.6 Å². The summed E-state index contributed by atoms with van der Waals surface area (Å²) >= 11 is 7.50. The average molecular weight is 615 g/mol. The highest BCUT2D eigenvalue weighted by atomic mass is 35.5. The fraction of sp³-hybridized carbons (Fsp3) is 0.387. The number of nitrogens with one attached hydrogen (secondary N) is 2. The third kappa shape index (κ3) is 9.55. The molecule has 2 atom stereocenters. The number of nitrogens with two attached hydrogens (primary N) is 1. The number of rotatable bonds is 16. The standard InChI is InChI=1S/C31H39ClN4O5S/c1-4-11-36(12-5-2)31(40)23-15-21(29(33)38)14-22(16-23)30(39)35-26(17-25-9-10-28(32)42-25)27(37)19-34-18-20-7-6-8-24(13-20)41-3/h6-10,13-16,26-27,34,37H,4-5,11-12,17-19H2,1-3H3,(H2,33,38)(H,35,39)/t26-,27+/m0/s1. The number of methoxy groups -OCH3 is 1. The summed E-state index contributed by atoms with van der Waals surface area (Å²) in [6.07, 6.45) is 0.901. The number of aliphatic hydroxyl groups excluding tert-OH is 1. The molecule has 0 fully saturated rings. The Hall–Kier alpha value is -3.44. The van der Waals surface area contributed by atoms with Crippen LogP contribution in [0.25, 0.3) is 0 Å². The summed E-state index contributed by atoms with van der Waals surface area (Å²) in [7, 11) is 1.60. The van der Waals surface area contributed by atoms with Gasteiger partial charge >= 0.3 is 0 Å². The number of carbonyl (C=O) groups excluding carboxylic acids is 3. The normalized spacial score (nSPS) is 12.4. The van der Waals surface area contributed by atoms with Gasteiger partial charge in [0.15, 0.2) is 0 Å². The lowest BCUT2D eigenvalue weighted by Gasteiger charge is -2.25. The maximum Gasteiger partial charge on any atom is 0.253 e. The first kappa shape index (κ1) is 33.1. The molecule has 0 unspecified atom stereocenters. The SMILES string of the molecule is CCCN(CCC)C(=O)c1cc(C(N)=O)cc(C(=O)N[C@@H](Cc2ccc(Cl)s2)[C@H](O)CNCc2cccc(OC)c2)c1. The van der Waals surface area contributed by atoms with Crippen LogP contribution in [0.15, 0.2) is 54.6 Å². The van der Waals surface area contributed by atoms with E-state index in [0.717, 1.165) is 29.0 Å². The molecule has 9 nitrogen and oxygen atoms in total. The van der Waals surface area contributed by atoms with Crippen molar-refractivity contribution < 1.29 is 24.2 Å². The number of carbonyl (C=O) groups is 3. The largest absolute Gasteiger partial charge is 0.497 e. The fourth-order valence-corrected chi connectivity index (χ4v) is 5.71. The van der Waals surface area contributed by atoms with E-state index in [-0.39, 0.29) is 29.1 Å². The van der Waals surface area contributed by atoms with Crippen LogP contribution in [-0.2, 0) is 13.0 Å². The van der Waals surface area contributed by atoms with Crippen molar-refractivity contribution in [2.75, 3.05) is 26.7 Å². The second kappa shape index (κ2) is 16.3. The average Bonchev–Trinajstić information content (AvgIpc) is 3.40. The Morgan fingerprint density at radius 2 is 1.71 bits per heavy atom. The van der Waals surface area contributed by atoms with Gasteiger partial charge in [-0.05, 0) is 60.9 Å². The molecule has 42 heavy (non-hydrogen) atoms. The zero-order chi connectivity index (χ0) is 30.6. The van der Waals surface area contributed by atoms with E-state index in [1.165, 1.54) is 29.5 Å². The number of hydrogen-bond acceptors (Lipinski definition) is 7. The van der Waals surface area contributed by atoms with E-state index in [4.69, 9.17) is 22.1 Å². The van der Waals surface area contributed by atoms with Crippen LogP contribution >= 0.6 is 22.9 Å². The van der Waals surface area contributed by atoms with E-state index >= 15 is 0 Å². The van der Waals surface area contributed by atoms with Gasteiger partial charge in [-0.1, -0.05) is 37.6 Å². The van der Waals surface area contributed by atoms with E-state index in [2.05, 4.69) is 10.6 Å². The maximum atomic E-state index is 13.5. The lowest BCUT2D eigenvalue weighted by molar-refractivity contribution is 0.0755. The van der Waals surface area contributed by atoms with Crippen LogP contribution in [0.5, 0.6) is 5.75 Å². The van der Waals surface area contributed by atoms with E-state index in [0.29, 0.717) is 30.4 Å². The van der Waals surface area contributed by atoms with Crippen LogP contribution < -0.4 is 21.1 Å². The van der Waals surface area contributed by atoms with E-state index in [9.17, 15) is 19.5 Å². The highest BCUT2D eigenvalue weighted by Gasteiger charge is 2.25. The molecule has 1 aromatic heterocycles. The molecular weight excluding hydrogens is 576 g/mol. The van der Waals surface area contributed by atoms with Crippen LogP contribution in [0.2, 0.25) is 4.34 Å². The van der Waals surface area contributed by atoms with Crippen LogP contribution in [0.4, 0.5) is 0 Å². The Labute approximate surface area is 256 Å². The molecular formula is C31H39ClN4O5S. The monoisotopic (exact) mass is 614 g/mol. The molecule has 0 radical (unpaired) electrons. The topological polar surface area (TPSA) is 134 Å². The smallest absolute Gasteiger partial charge is 0.253 e. The van der Waals surface area contributed by atoms with Gasteiger partial charge in [-0.3, -0.25) is 14.4 Å². The van der Waals surface area contributed by atoms with Crippen molar-refractivity contribution in [3.05, 3.63) is 86.1 Å². The molecule has 0 spiro atoms. The molecule has 0 saturated heterocycles. The van der Waals surface area contributed by atoms with Gasteiger partial charge in [-0.2, -0.15) is 0 Å². The summed E-state index contributed by atoms with van der Waals surface area (Å²) in [4.78, 5) is 41.5. The molecule has 226 valence electrons. The molecule has 0 saturated carbocycles. The second-order valence-corrected chi connectivity index (χ2v) is 11.8. The third-order valence-electron chi connectivity index (χ3n) is 6.65. The minimum Gasteiger partial charge on any atom is -0.497 e. The Kier molecular flexibility index (Phi) is 12.8. The quantitative estimate of drug-likeness (QED) is 0.190. The molecule has 1 heterocycles. The molecule has 0 aliphatic heterocycles. The first-order valence-electron chi connectivity index (χ1n) is 14.0. The van der Waals surface area contributed by atoms with Gasteiger partial charge in [0.1, 0.15) is 5.75 Å². The lowest BCUT2D eigenvalue weighted by atomic mass is 10.0. The highest BCUT2D eigenvalue weighted by Crippen LogP contribution is 2.23. The van der Waals surface area contributed by atoms with Crippen molar-refractivity contribution in [3.8, 4) is 5.75 Å². The lowest BCUT2D eigenvalue weighted by Crippen LogP contribution is -2.48. The predicted molar refractivity (Wildman–Crippen MR) is 166 cm³/mol. The minimum absolute atomic E-state index is 0.0565. The number of ether oxygens (including phenoxy) is 1. The summed E-state index contributed by atoms with van der Waals surface area (Å²) < 4.78 is 5.87. The molecule has 3 aromatic rings. The molecule has 2 aromatic carbocycles. The van der Waals surface area contributed by atoms with Gasteiger partial charge in [-0.15, -0.1) is 11.3 Å². The fourth-order valence-electron chi connectivity index (χ4n) is 4.56. The van der Waals surface area contributed by atoms with E-state index < -0.39 is 24.0 Å². The number of amides is 3. The summed E-state index contributed by atoms with van der Waals surface area (Å²) in [5, 5.41) is 17.3. The molecule has 5 N–H and O–H groups in total. The molecule has 11 heteroatoms. The van der Waals surface area contributed by atoms with Gasteiger partial charge in [-0.25, -0.2) is 0 Å². The van der Waals surface area contributed by atoms with Crippen LogP contribution in [-0.4, -0.2) is 66.6 Å². The molecule has 0 aliphatic carbocycles. The van der Waals surface area contributed by atoms with Crippen molar-refractivity contribution in [2.24, 2.45) is 5.73 Å².